The average Bonchev–Trinajstić information content (AvgIpc) is 2.55. The molecule has 0 radical (unpaired) electrons. The third-order valence-electron chi connectivity index (χ3n) is 4.28. The first kappa shape index (κ1) is 15.0. The molecule has 4 heteroatoms. The number of benzene rings is 1. The molecule has 2 heterocycles. The monoisotopic (exact) mass is 299 g/mol. The number of hydrogen-bond donors (Lipinski definition) is 1. The van der Waals surface area contributed by atoms with Crippen molar-refractivity contribution in [3.05, 3.63) is 60.2 Å². The number of likely N-dealkylation sites (tertiary alicyclic amines) is 1. The highest BCUT2D eigenvalue weighted by Crippen LogP contribution is 2.20. The van der Waals surface area contributed by atoms with Gasteiger partial charge in [0.05, 0.1) is 0 Å². The highest BCUT2D eigenvalue weighted by atomic mass is 19.1. The molecule has 0 bridgehead atoms. The zero-order valence-electron chi connectivity index (χ0n) is 12.7. The van der Waals surface area contributed by atoms with E-state index in [1.54, 1.807) is 0 Å². The average molecular weight is 299 g/mol. The van der Waals surface area contributed by atoms with Gasteiger partial charge in [-0.15, -0.1) is 0 Å². The topological polar surface area (TPSA) is 28.2 Å². The van der Waals surface area contributed by atoms with Crippen molar-refractivity contribution < 1.29 is 4.39 Å². The van der Waals surface area contributed by atoms with Crippen molar-refractivity contribution in [2.45, 2.75) is 19.4 Å². The lowest BCUT2D eigenvalue weighted by molar-refractivity contribution is 0.182. The molecule has 1 fully saturated rings. The van der Waals surface area contributed by atoms with Crippen LogP contribution in [0.4, 0.5) is 10.1 Å². The number of aromatic nitrogens is 1. The van der Waals surface area contributed by atoms with Crippen LogP contribution in [0.3, 0.4) is 0 Å². The summed E-state index contributed by atoms with van der Waals surface area (Å²) in [6.07, 6.45) is 3.88. The van der Waals surface area contributed by atoms with Gasteiger partial charge >= 0.3 is 0 Å². The lowest BCUT2D eigenvalue weighted by Gasteiger charge is -2.32. The SMILES string of the molecule is Fc1cc(NCC2CCN(Cc3ccccc3)CC2)ccn1. The van der Waals surface area contributed by atoms with Gasteiger partial charge in [0.25, 0.3) is 0 Å². The summed E-state index contributed by atoms with van der Waals surface area (Å²) < 4.78 is 13.0. The van der Waals surface area contributed by atoms with Crippen molar-refractivity contribution in [3.63, 3.8) is 0 Å². The van der Waals surface area contributed by atoms with Crippen molar-refractivity contribution >= 4 is 5.69 Å². The van der Waals surface area contributed by atoms with Gasteiger partial charge in [0.15, 0.2) is 0 Å². The zero-order valence-corrected chi connectivity index (χ0v) is 12.7. The van der Waals surface area contributed by atoms with Crippen molar-refractivity contribution in [3.8, 4) is 0 Å². The Hall–Kier alpha value is -1.94. The molecule has 0 saturated carbocycles. The van der Waals surface area contributed by atoms with E-state index in [2.05, 4.69) is 45.5 Å². The Morgan fingerprint density at radius 1 is 1.14 bits per heavy atom. The van der Waals surface area contributed by atoms with E-state index in [4.69, 9.17) is 0 Å². The smallest absolute Gasteiger partial charge is 0.214 e. The Bertz CT molecular complexity index is 580. The summed E-state index contributed by atoms with van der Waals surface area (Å²) >= 11 is 0. The van der Waals surface area contributed by atoms with Crippen LogP contribution < -0.4 is 5.32 Å². The van der Waals surface area contributed by atoms with Gasteiger partial charge in [0.2, 0.25) is 5.95 Å². The van der Waals surface area contributed by atoms with Gasteiger partial charge in [-0.25, -0.2) is 4.98 Å². The molecule has 0 aliphatic carbocycles. The Labute approximate surface area is 131 Å². The van der Waals surface area contributed by atoms with E-state index in [1.807, 2.05) is 6.07 Å². The van der Waals surface area contributed by atoms with Crippen LogP contribution >= 0.6 is 0 Å². The van der Waals surface area contributed by atoms with Crippen molar-refractivity contribution in [1.29, 1.82) is 0 Å². The van der Waals surface area contributed by atoms with Crippen molar-refractivity contribution in [1.82, 2.24) is 9.88 Å². The van der Waals surface area contributed by atoms with Crippen LogP contribution in [0, 0.1) is 11.9 Å². The van der Waals surface area contributed by atoms with Gasteiger partial charge in [0.1, 0.15) is 0 Å². The number of nitrogens with one attached hydrogen (secondary N) is 1. The van der Waals surface area contributed by atoms with Crippen LogP contribution in [-0.2, 0) is 6.54 Å². The molecule has 0 atom stereocenters. The number of nitrogens with zero attached hydrogens (tertiary/aromatic N) is 2. The first-order chi connectivity index (χ1) is 10.8. The normalized spacial score (nSPS) is 16.6. The molecule has 0 unspecified atom stereocenters. The molecular weight excluding hydrogens is 277 g/mol. The number of anilines is 1. The minimum atomic E-state index is -0.428. The maximum absolute atomic E-state index is 13.0. The van der Waals surface area contributed by atoms with Crippen LogP contribution in [-0.4, -0.2) is 29.5 Å². The number of piperidine rings is 1. The summed E-state index contributed by atoms with van der Waals surface area (Å²) in [6.45, 7) is 4.21. The van der Waals surface area contributed by atoms with Crippen molar-refractivity contribution in [2.75, 3.05) is 25.0 Å². The zero-order chi connectivity index (χ0) is 15.2. The molecule has 2 aromatic rings. The predicted molar refractivity (Wildman–Crippen MR) is 87.1 cm³/mol. The van der Waals surface area contributed by atoms with Crippen LogP contribution in [0.2, 0.25) is 0 Å². The van der Waals surface area contributed by atoms with Gasteiger partial charge in [-0.2, -0.15) is 4.39 Å². The second kappa shape index (κ2) is 7.36. The maximum atomic E-state index is 13.0. The van der Waals surface area contributed by atoms with E-state index in [-0.39, 0.29) is 0 Å². The van der Waals surface area contributed by atoms with Gasteiger partial charge in [-0.3, -0.25) is 4.90 Å². The van der Waals surface area contributed by atoms with Crippen LogP contribution in [0.1, 0.15) is 18.4 Å². The first-order valence-electron chi connectivity index (χ1n) is 7.91. The summed E-state index contributed by atoms with van der Waals surface area (Å²) in [6, 6.07) is 13.9. The summed E-state index contributed by atoms with van der Waals surface area (Å²) in [5.41, 5.74) is 2.20. The summed E-state index contributed by atoms with van der Waals surface area (Å²) in [7, 11) is 0. The van der Waals surface area contributed by atoms with E-state index in [1.165, 1.54) is 30.7 Å². The third-order valence-corrected chi connectivity index (χ3v) is 4.28. The lowest BCUT2D eigenvalue weighted by atomic mass is 9.96. The minimum absolute atomic E-state index is 0.428. The maximum Gasteiger partial charge on any atom is 0.214 e. The highest BCUT2D eigenvalue weighted by Gasteiger charge is 2.19. The van der Waals surface area contributed by atoms with E-state index < -0.39 is 5.95 Å². The molecule has 3 nitrogen and oxygen atoms in total. The highest BCUT2D eigenvalue weighted by molar-refractivity contribution is 5.41. The van der Waals surface area contributed by atoms with E-state index in [0.717, 1.165) is 31.9 Å². The van der Waals surface area contributed by atoms with Gasteiger partial charge in [0, 0.05) is 31.0 Å². The van der Waals surface area contributed by atoms with Gasteiger partial charge in [-0.1, -0.05) is 30.3 Å². The summed E-state index contributed by atoms with van der Waals surface area (Å²) in [5, 5.41) is 3.32. The van der Waals surface area contributed by atoms with E-state index in [0.29, 0.717) is 5.92 Å². The fourth-order valence-corrected chi connectivity index (χ4v) is 2.96. The lowest BCUT2D eigenvalue weighted by Crippen LogP contribution is -2.35. The molecule has 1 aliphatic heterocycles. The molecule has 1 aliphatic rings. The number of hydrogen-bond acceptors (Lipinski definition) is 3. The minimum Gasteiger partial charge on any atom is -0.385 e. The molecule has 1 aromatic carbocycles. The Balaban J connectivity index is 1.42. The van der Waals surface area contributed by atoms with E-state index in [9.17, 15) is 4.39 Å². The molecule has 22 heavy (non-hydrogen) atoms. The summed E-state index contributed by atoms with van der Waals surface area (Å²) in [4.78, 5) is 6.08. The quantitative estimate of drug-likeness (QED) is 0.856. The Kier molecular flexibility index (Phi) is 5.01. The van der Waals surface area contributed by atoms with Crippen molar-refractivity contribution in [2.24, 2.45) is 5.92 Å². The van der Waals surface area contributed by atoms with E-state index >= 15 is 0 Å². The second-order valence-corrected chi connectivity index (χ2v) is 5.95. The fourth-order valence-electron chi connectivity index (χ4n) is 2.96. The van der Waals surface area contributed by atoms with Crippen LogP contribution in [0.15, 0.2) is 48.7 Å². The summed E-state index contributed by atoms with van der Waals surface area (Å²) in [5.74, 6) is 0.228. The van der Waals surface area contributed by atoms with Crippen LogP contribution in [0.5, 0.6) is 0 Å². The number of pyridine rings is 1. The number of halogens is 1. The van der Waals surface area contributed by atoms with Gasteiger partial charge in [-0.05, 0) is 43.5 Å². The molecule has 3 rings (SSSR count). The largest absolute Gasteiger partial charge is 0.385 e. The standard InChI is InChI=1S/C18H22FN3/c19-18-12-17(6-9-20-18)21-13-15-7-10-22(11-8-15)14-16-4-2-1-3-5-16/h1-6,9,12,15H,7-8,10-11,13-14H2,(H,20,21). The van der Waals surface area contributed by atoms with Gasteiger partial charge < -0.3 is 5.32 Å². The molecule has 116 valence electrons. The first-order valence-corrected chi connectivity index (χ1v) is 7.91. The predicted octanol–water partition coefficient (Wildman–Crippen LogP) is 3.54. The van der Waals surface area contributed by atoms with Crippen LogP contribution in [0.25, 0.3) is 0 Å². The molecular formula is C18H22FN3. The second-order valence-electron chi connectivity index (χ2n) is 5.95. The fraction of sp³-hybridized carbons (Fsp3) is 0.389. The Morgan fingerprint density at radius 2 is 1.91 bits per heavy atom. The number of rotatable bonds is 5. The molecule has 1 aromatic heterocycles. The molecule has 1 N–H and O–H groups in total. The molecule has 0 amide bonds. The molecule has 1 saturated heterocycles. The Morgan fingerprint density at radius 3 is 2.64 bits per heavy atom. The molecule has 0 spiro atoms. The third kappa shape index (κ3) is 4.28.